The average molecular weight is 665 g/mol. The van der Waals surface area contributed by atoms with Crippen LogP contribution in [-0.2, 0) is 17.8 Å². The van der Waals surface area contributed by atoms with Crippen LogP contribution in [0.15, 0.2) is 48.5 Å². The maximum atomic E-state index is 11.3. The summed E-state index contributed by atoms with van der Waals surface area (Å²) in [5.41, 5.74) is 6.93. The number of benzene rings is 3. The van der Waals surface area contributed by atoms with Crippen LogP contribution in [0.2, 0.25) is 5.02 Å². The van der Waals surface area contributed by atoms with Crippen molar-refractivity contribution in [2.75, 3.05) is 39.5 Å². The second kappa shape index (κ2) is 14.4. The number of rotatable bonds is 15. The summed E-state index contributed by atoms with van der Waals surface area (Å²) in [4.78, 5) is 13.8. The predicted molar refractivity (Wildman–Crippen MR) is 181 cm³/mol. The summed E-state index contributed by atoms with van der Waals surface area (Å²) in [5.74, 6) is 0.830. The van der Waals surface area contributed by atoms with Crippen LogP contribution in [0.4, 0.5) is 0 Å². The van der Waals surface area contributed by atoms with Gasteiger partial charge in [-0.15, -0.1) is 0 Å². The van der Waals surface area contributed by atoms with E-state index in [4.69, 9.17) is 25.8 Å². The highest BCUT2D eigenvalue weighted by molar-refractivity contribution is 6.32. The third-order valence-electron chi connectivity index (χ3n) is 9.83. The van der Waals surface area contributed by atoms with Crippen LogP contribution in [-0.4, -0.2) is 77.8 Å². The van der Waals surface area contributed by atoms with Crippen LogP contribution in [0.5, 0.6) is 17.2 Å². The molecule has 1 aliphatic heterocycles. The Morgan fingerprint density at radius 1 is 1.09 bits per heavy atom. The number of carbonyl (C=O) groups is 1. The molecule has 0 bridgehead atoms. The van der Waals surface area contributed by atoms with Crippen LogP contribution < -0.4 is 19.5 Å². The van der Waals surface area contributed by atoms with Crippen molar-refractivity contribution in [2.24, 2.45) is 5.41 Å². The zero-order chi connectivity index (χ0) is 33.1. The summed E-state index contributed by atoms with van der Waals surface area (Å²) >= 11 is 6.69. The molecule has 0 amide bonds. The molecule has 2 aliphatic carbocycles. The molecule has 0 aromatic heterocycles. The number of hydrogen-bond acceptors (Lipinski definition) is 8. The summed E-state index contributed by atoms with van der Waals surface area (Å²) in [6.07, 6.45) is 4.28. The number of aliphatic hydroxyl groups is 2. The minimum absolute atomic E-state index is 0.0885. The van der Waals surface area contributed by atoms with Gasteiger partial charge in [-0.25, -0.2) is 0 Å². The first kappa shape index (κ1) is 33.6. The second-order valence-corrected chi connectivity index (χ2v) is 13.6. The lowest BCUT2D eigenvalue weighted by Gasteiger charge is -2.58. The van der Waals surface area contributed by atoms with Crippen molar-refractivity contribution in [1.82, 2.24) is 10.2 Å². The van der Waals surface area contributed by atoms with E-state index < -0.39 is 18.6 Å². The topological polar surface area (TPSA) is 121 Å². The number of ether oxygens (including phenoxy) is 3. The summed E-state index contributed by atoms with van der Waals surface area (Å²) in [6.45, 7) is 7.95. The third kappa shape index (κ3) is 7.25. The average Bonchev–Trinajstić information content (AvgIpc) is 3.43. The third-order valence-corrected chi connectivity index (χ3v) is 10.1. The van der Waals surface area contributed by atoms with Crippen molar-refractivity contribution in [3.63, 3.8) is 0 Å². The van der Waals surface area contributed by atoms with E-state index in [1.54, 1.807) is 12.1 Å². The van der Waals surface area contributed by atoms with Crippen molar-refractivity contribution in [3.05, 3.63) is 75.8 Å². The molecule has 0 unspecified atom stereocenters. The first-order chi connectivity index (χ1) is 22.7. The number of nitrogens with zero attached hydrogens (tertiary/aromatic N) is 1. The SMILES string of the molecule is CCOc1cc(O[C@H]2CCc3c(-c4cccc(OCCCN5CC6(CC(O)C6)C5)c4C)cccc32)c(Cl)cc1CN[C@@H](CO)C(=O)O. The summed E-state index contributed by atoms with van der Waals surface area (Å²) in [5, 5.41) is 31.5. The normalized spacial score (nSPS) is 19.1. The largest absolute Gasteiger partial charge is 0.493 e. The minimum atomic E-state index is -1.13. The molecule has 1 spiro atoms. The fraction of sp³-hybridized carbons (Fsp3) is 0.486. The number of nitrogens with one attached hydrogen (secondary N) is 1. The summed E-state index contributed by atoms with van der Waals surface area (Å²) in [6, 6.07) is 15.0. The van der Waals surface area contributed by atoms with Gasteiger partial charge in [-0.1, -0.05) is 41.9 Å². The zero-order valence-corrected chi connectivity index (χ0v) is 27.9. The van der Waals surface area contributed by atoms with E-state index in [0.29, 0.717) is 40.7 Å². The first-order valence-electron chi connectivity index (χ1n) is 16.6. The number of likely N-dealkylation sites (tertiary alicyclic amines) is 1. The molecular formula is C37H45ClN2O7. The van der Waals surface area contributed by atoms with Crippen LogP contribution in [0, 0.1) is 12.3 Å². The van der Waals surface area contributed by atoms with Gasteiger partial charge in [-0.3, -0.25) is 10.1 Å². The standard InChI is InChI=1S/C37H45ClN2O7/c1-3-45-34-16-35(30(38)15-24(34)19-39-31(20-41)36(43)44)47-33-12-11-28-27(8-4-9-29(28)33)26-7-5-10-32(23(26)2)46-14-6-13-40-21-37(22-40)17-25(42)18-37/h4-5,7-10,15-16,25,31,33,39,41-42H,3,6,11-14,17-22H2,1-2H3,(H,43,44)/t31-,33-/m0/s1. The molecule has 10 heteroatoms. The molecule has 4 N–H and O–H groups in total. The zero-order valence-electron chi connectivity index (χ0n) is 27.1. The summed E-state index contributed by atoms with van der Waals surface area (Å²) in [7, 11) is 0. The van der Waals surface area contributed by atoms with Crippen molar-refractivity contribution < 1.29 is 34.3 Å². The molecule has 2 fully saturated rings. The highest BCUT2D eigenvalue weighted by Gasteiger charge is 2.51. The Morgan fingerprint density at radius 3 is 2.57 bits per heavy atom. The summed E-state index contributed by atoms with van der Waals surface area (Å²) < 4.78 is 18.7. The maximum Gasteiger partial charge on any atom is 0.323 e. The predicted octanol–water partition coefficient (Wildman–Crippen LogP) is 5.54. The Morgan fingerprint density at radius 2 is 1.85 bits per heavy atom. The minimum Gasteiger partial charge on any atom is -0.493 e. The van der Waals surface area contributed by atoms with Gasteiger partial charge in [0.15, 0.2) is 0 Å². The van der Waals surface area contributed by atoms with E-state index in [-0.39, 0.29) is 18.8 Å². The van der Waals surface area contributed by atoms with E-state index >= 15 is 0 Å². The van der Waals surface area contributed by atoms with Gasteiger partial charge in [0, 0.05) is 43.2 Å². The van der Waals surface area contributed by atoms with Crippen LogP contribution in [0.3, 0.4) is 0 Å². The molecular weight excluding hydrogens is 620 g/mol. The van der Waals surface area contributed by atoms with Gasteiger partial charge in [0.05, 0.1) is 30.9 Å². The molecule has 9 nitrogen and oxygen atoms in total. The lowest BCUT2D eigenvalue weighted by atomic mass is 9.62. The first-order valence-corrected chi connectivity index (χ1v) is 17.0. The number of aliphatic hydroxyl groups excluding tert-OH is 2. The van der Waals surface area contributed by atoms with Crippen molar-refractivity contribution >= 4 is 17.6 Å². The van der Waals surface area contributed by atoms with Crippen LogP contribution >= 0.6 is 11.6 Å². The van der Waals surface area contributed by atoms with Gasteiger partial charge in [0.25, 0.3) is 0 Å². The lowest BCUT2D eigenvalue weighted by molar-refractivity contribution is -0.140. The number of aliphatic carboxylic acids is 1. The van der Waals surface area contributed by atoms with Crippen molar-refractivity contribution in [1.29, 1.82) is 0 Å². The van der Waals surface area contributed by atoms with Crippen LogP contribution in [0.1, 0.15) is 61.0 Å². The van der Waals surface area contributed by atoms with Gasteiger partial charge < -0.3 is 34.4 Å². The van der Waals surface area contributed by atoms with E-state index in [1.807, 2.05) is 13.0 Å². The van der Waals surface area contributed by atoms with Gasteiger partial charge in [0.1, 0.15) is 29.4 Å². The second-order valence-electron chi connectivity index (χ2n) is 13.2. The fourth-order valence-corrected chi connectivity index (χ4v) is 7.72. The Kier molecular flexibility index (Phi) is 10.3. The smallest absolute Gasteiger partial charge is 0.323 e. The molecule has 0 radical (unpaired) electrons. The van der Waals surface area contributed by atoms with Gasteiger partial charge in [-0.2, -0.15) is 0 Å². The molecule has 252 valence electrons. The molecule has 1 saturated heterocycles. The Balaban J connectivity index is 1.12. The molecule has 6 rings (SSSR count). The van der Waals surface area contributed by atoms with Gasteiger partial charge >= 0.3 is 5.97 Å². The highest BCUT2D eigenvalue weighted by atomic mass is 35.5. The maximum absolute atomic E-state index is 11.3. The van der Waals surface area contributed by atoms with E-state index in [9.17, 15) is 20.1 Å². The van der Waals surface area contributed by atoms with E-state index in [2.05, 4.69) is 47.5 Å². The molecule has 3 aromatic rings. The quantitative estimate of drug-likeness (QED) is 0.155. The Hall–Kier alpha value is -3.34. The number of carboxylic acid groups (broad SMARTS) is 1. The number of halogens is 1. The highest BCUT2D eigenvalue weighted by Crippen LogP contribution is 2.48. The monoisotopic (exact) mass is 664 g/mol. The molecule has 2 atom stereocenters. The Bertz CT molecular complexity index is 1580. The molecule has 3 aromatic carbocycles. The fourth-order valence-electron chi connectivity index (χ4n) is 7.49. The Labute approximate surface area is 281 Å². The number of hydrogen-bond donors (Lipinski definition) is 4. The molecule has 1 heterocycles. The number of fused-ring (bicyclic) bond motifs is 1. The van der Waals surface area contributed by atoms with Gasteiger partial charge in [-0.05, 0) is 85.9 Å². The molecule has 47 heavy (non-hydrogen) atoms. The lowest BCUT2D eigenvalue weighted by Crippen LogP contribution is -2.63. The van der Waals surface area contributed by atoms with Gasteiger partial charge in [0.2, 0.25) is 0 Å². The van der Waals surface area contributed by atoms with E-state index in [1.165, 1.54) is 11.1 Å². The number of carboxylic acids is 1. The molecule has 1 saturated carbocycles. The van der Waals surface area contributed by atoms with E-state index in [0.717, 1.165) is 74.2 Å². The van der Waals surface area contributed by atoms with Crippen molar-refractivity contribution in [2.45, 2.75) is 70.7 Å². The molecule has 3 aliphatic rings. The van der Waals surface area contributed by atoms with Crippen LogP contribution in [0.25, 0.3) is 11.1 Å². The van der Waals surface area contributed by atoms with Crippen molar-refractivity contribution in [3.8, 4) is 28.4 Å².